The Morgan fingerprint density at radius 3 is 2.37 bits per heavy atom. The van der Waals surface area contributed by atoms with Crippen molar-refractivity contribution in [3.63, 3.8) is 0 Å². The lowest BCUT2D eigenvalue weighted by Crippen LogP contribution is -2.23. The lowest BCUT2D eigenvalue weighted by atomic mass is 9.88. The minimum Gasteiger partial charge on any atom is -0.497 e. The molecule has 0 aromatic heterocycles. The average molecular weight is 366 g/mol. The van der Waals surface area contributed by atoms with E-state index in [-0.39, 0.29) is 29.9 Å². The highest BCUT2D eigenvalue weighted by Crippen LogP contribution is 2.34. The summed E-state index contributed by atoms with van der Waals surface area (Å²) in [4.78, 5) is 36.9. The number of esters is 1. The first kappa shape index (κ1) is 18.4. The van der Waals surface area contributed by atoms with Crippen LogP contribution in [0.5, 0.6) is 11.5 Å². The fourth-order valence-electron chi connectivity index (χ4n) is 2.86. The van der Waals surface area contributed by atoms with Gasteiger partial charge >= 0.3 is 5.97 Å². The second kappa shape index (κ2) is 7.86. The number of rotatable bonds is 6. The van der Waals surface area contributed by atoms with Crippen molar-refractivity contribution in [3.8, 4) is 11.5 Å². The SMILES string of the molecule is COc1cc2c(c(OC)c1)C(=O)C(=O)C(CCOC(=O)c1ccccc1)=C2. The Bertz CT molecular complexity index is 927. The minimum atomic E-state index is -0.642. The van der Waals surface area contributed by atoms with Gasteiger partial charge in [-0.3, -0.25) is 9.59 Å². The first-order valence-electron chi connectivity index (χ1n) is 8.33. The fourth-order valence-corrected chi connectivity index (χ4v) is 2.86. The highest BCUT2D eigenvalue weighted by molar-refractivity contribution is 6.52. The Kier molecular flexibility index (Phi) is 5.35. The van der Waals surface area contributed by atoms with Gasteiger partial charge in [-0.15, -0.1) is 0 Å². The van der Waals surface area contributed by atoms with Crippen molar-refractivity contribution in [2.24, 2.45) is 0 Å². The summed E-state index contributed by atoms with van der Waals surface area (Å²) in [5, 5.41) is 0. The quantitative estimate of drug-likeness (QED) is 0.577. The van der Waals surface area contributed by atoms with Crippen molar-refractivity contribution in [2.45, 2.75) is 6.42 Å². The third-order valence-corrected chi connectivity index (χ3v) is 4.23. The van der Waals surface area contributed by atoms with Crippen molar-refractivity contribution in [3.05, 3.63) is 64.7 Å². The average Bonchev–Trinajstić information content (AvgIpc) is 2.71. The molecule has 27 heavy (non-hydrogen) atoms. The molecule has 6 heteroatoms. The lowest BCUT2D eigenvalue weighted by Gasteiger charge is -2.18. The second-order valence-electron chi connectivity index (χ2n) is 5.87. The molecule has 0 aliphatic heterocycles. The molecule has 0 fully saturated rings. The monoisotopic (exact) mass is 366 g/mol. The van der Waals surface area contributed by atoms with Crippen molar-refractivity contribution in [1.82, 2.24) is 0 Å². The van der Waals surface area contributed by atoms with Crippen LogP contribution in [0.4, 0.5) is 0 Å². The van der Waals surface area contributed by atoms with Crippen molar-refractivity contribution in [2.75, 3.05) is 20.8 Å². The number of ether oxygens (including phenoxy) is 3. The van der Waals surface area contributed by atoms with Crippen LogP contribution in [0, 0.1) is 0 Å². The predicted molar refractivity (Wildman–Crippen MR) is 98.2 cm³/mol. The summed E-state index contributed by atoms with van der Waals surface area (Å²) in [5.41, 5.74) is 1.47. The minimum absolute atomic E-state index is 0.00494. The Labute approximate surface area is 156 Å². The Hall–Kier alpha value is -3.41. The van der Waals surface area contributed by atoms with Crippen LogP contribution in [0.2, 0.25) is 0 Å². The van der Waals surface area contributed by atoms with Gasteiger partial charge in [0.25, 0.3) is 0 Å². The van der Waals surface area contributed by atoms with Crippen LogP contribution in [0.25, 0.3) is 6.08 Å². The molecule has 0 radical (unpaired) electrons. The summed E-state index contributed by atoms with van der Waals surface area (Å²) in [7, 11) is 2.93. The number of benzene rings is 2. The number of fused-ring (bicyclic) bond motifs is 1. The maximum atomic E-state index is 12.5. The Morgan fingerprint density at radius 2 is 1.70 bits per heavy atom. The molecule has 0 saturated heterocycles. The molecule has 0 bridgehead atoms. The smallest absolute Gasteiger partial charge is 0.338 e. The molecule has 1 aliphatic rings. The van der Waals surface area contributed by atoms with Crippen LogP contribution in [-0.2, 0) is 9.53 Å². The van der Waals surface area contributed by atoms with E-state index in [2.05, 4.69) is 0 Å². The number of Topliss-reactive ketones (excluding diaryl/α,β-unsaturated/α-hetero) is 2. The van der Waals surface area contributed by atoms with Crippen molar-refractivity contribution < 1.29 is 28.6 Å². The zero-order chi connectivity index (χ0) is 19.4. The van der Waals surface area contributed by atoms with E-state index in [9.17, 15) is 14.4 Å². The van der Waals surface area contributed by atoms with Crippen LogP contribution in [0.1, 0.15) is 32.7 Å². The van der Waals surface area contributed by atoms with Crippen LogP contribution < -0.4 is 9.47 Å². The summed E-state index contributed by atoms with van der Waals surface area (Å²) in [6, 6.07) is 11.8. The number of hydrogen-bond donors (Lipinski definition) is 0. The zero-order valence-electron chi connectivity index (χ0n) is 15.0. The third-order valence-electron chi connectivity index (χ3n) is 4.23. The first-order chi connectivity index (χ1) is 13.0. The lowest BCUT2D eigenvalue weighted by molar-refractivity contribution is -0.112. The molecule has 0 saturated carbocycles. The summed E-state index contributed by atoms with van der Waals surface area (Å²) < 4.78 is 15.6. The van der Waals surface area contributed by atoms with Gasteiger partial charge in [0.15, 0.2) is 0 Å². The van der Waals surface area contributed by atoms with E-state index in [1.807, 2.05) is 0 Å². The van der Waals surface area contributed by atoms with Crippen molar-refractivity contribution >= 4 is 23.6 Å². The van der Waals surface area contributed by atoms with E-state index in [1.165, 1.54) is 14.2 Å². The highest BCUT2D eigenvalue weighted by atomic mass is 16.5. The molecule has 0 heterocycles. The highest BCUT2D eigenvalue weighted by Gasteiger charge is 2.31. The molecule has 0 unspecified atom stereocenters. The molecule has 0 atom stereocenters. The van der Waals surface area contributed by atoms with Crippen LogP contribution in [0.15, 0.2) is 48.0 Å². The second-order valence-corrected chi connectivity index (χ2v) is 5.87. The number of ketones is 2. The van der Waals surface area contributed by atoms with E-state index in [4.69, 9.17) is 14.2 Å². The molecular weight excluding hydrogens is 348 g/mol. The summed E-state index contributed by atoms with van der Waals surface area (Å²) in [6.07, 6.45) is 1.75. The van der Waals surface area contributed by atoms with Crippen LogP contribution in [0.3, 0.4) is 0 Å². The zero-order valence-corrected chi connectivity index (χ0v) is 15.0. The molecule has 6 nitrogen and oxygen atoms in total. The number of hydrogen-bond acceptors (Lipinski definition) is 6. The Morgan fingerprint density at radius 1 is 0.963 bits per heavy atom. The van der Waals surface area contributed by atoms with Gasteiger partial charge in [-0.1, -0.05) is 18.2 Å². The number of methoxy groups -OCH3 is 2. The normalized spacial score (nSPS) is 12.9. The molecule has 138 valence electrons. The summed E-state index contributed by atoms with van der Waals surface area (Å²) in [5.74, 6) is -0.944. The van der Waals surface area contributed by atoms with E-state index in [1.54, 1.807) is 48.5 Å². The molecule has 2 aromatic carbocycles. The largest absolute Gasteiger partial charge is 0.497 e. The van der Waals surface area contributed by atoms with Gasteiger partial charge in [-0.2, -0.15) is 0 Å². The van der Waals surface area contributed by atoms with Gasteiger partial charge in [0.2, 0.25) is 11.6 Å². The van der Waals surface area contributed by atoms with Gasteiger partial charge in [0.1, 0.15) is 11.5 Å². The van der Waals surface area contributed by atoms with Crippen LogP contribution >= 0.6 is 0 Å². The molecule has 0 amide bonds. The summed E-state index contributed by atoms with van der Waals surface area (Å²) >= 11 is 0. The third kappa shape index (κ3) is 3.74. The maximum absolute atomic E-state index is 12.5. The van der Waals surface area contributed by atoms with E-state index < -0.39 is 17.5 Å². The molecule has 2 aromatic rings. The Balaban J connectivity index is 1.78. The standard InChI is InChI=1S/C21H18O6/c1-25-16-11-15-10-14(19(22)20(23)18(15)17(12-16)26-2)8-9-27-21(24)13-6-4-3-5-7-13/h3-7,10-12H,8-9H2,1-2H3. The maximum Gasteiger partial charge on any atom is 0.338 e. The number of carbonyl (C=O) groups is 3. The van der Waals surface area contributed by atoms with E-state index in [0.29, 0.717) is 16.9 Å². The van der Waals surface area contributed by atoms with Gasteiger partial charge in [0, 0.05) is 18.1 Å². The summed E-state index contributed by atoms with van der Waals surface area (Å²) in [6.45, 7) is -0.00494. The molecule has 0 spiro atoms. The molecule has 1 aliphatic carbocycles. The van der Waals surface area contributed by atoms with Gasteiger partial charge in [0.05, 0.1) is 32.0 Å². The predicted octanol–water partition coefficient (Wildman–Crippen LogP) is 3.10. The fraction of sp³-hybridized carbons (Fsp3) is 0.190. The van der Waals surface area contributed by atoms with Gasteiger partial charge in [-0.25, -0.2) is 4.79 Å². The van der Waals surface area contributed by atoms with Gasteiger partial charge in [-0.05, 0) is 29.8 Å². The van der Waals surface area contributed by atoms with E-state index in [0.717, 1.165) is 0 Å². The van der Waals surface area contributed by atoms with Gasteiger partial charge < -0.3 is 14.2 Å². The van der Waals surface area contributed by atoms with Crippen molar-refractivity contribution in [1.29, 1.82) is 0 Å². The topological polar surface area (TPSA) is 78.9 Å². The number of carbonyl (C=O) groups excluding carboxylic acids is 3. The molecule has 0 N–H and O–H groups in total. The van der Waals surface area contributed by atoms with E-state index >= 15 is 0 Å². The van der Waals surface area contributed by atoms with Crippen LogP contribution in [-0.4, -0.2) is 38.4 Å². The first-order valence-corrected chi connectivity index (χ1v) is 8.33. The molecule has 3 rings (SSSR count). The molecular formula is C21H18O6.